The molecule has 1 unspecified atom stereocenters. The maximum absolute atomic E-state index is 13.1. The Labute approximate surface area is 282 Å². The van der Waals surface area contributed by atoms with Gasteiger partial charge in [0.2, 0.25) is 18.2 Å². The van der Waals surface area contributed by atoms with E-state index in [9.17, 15) is 19.2 Å². The zero-order chi connectivity index (χ0) is 34.5. The lowest BCUT2D eigenvalue weighted by Crippen LogP contribution is -2.60. The number of amides is 4. The van der Waals surface area contributed by atoms with Crippen molar-refractivity contribution in [3.63, 3.8) is 0 Å². The Morgan fingerprint density at radius 3 is 1.73 bits per heavy atom. The van der Waals surface area contributed by atoms with Crippen molar-refractivity contribution in [2.24, 2.45) is 32.9 Å². The Morgan fingerprint density at radius 1 is 0.708 bits per heavy atom. The van der Waals surface area contributed by atoms with Crippen molar-refractivity contribution in [2.45, 2.75) is 51.0 Å². The molecule has 0 radical (unpaired) electrons. The summed E-state index contributed by atoms with van der Waals surface area (Å²) < 4.78 is 0.368. The number of nitrogens with two attached hydrogens (primary N) is 4. The first-order chi connectivity index (χ1) is 23.1. The first-order valence-electron chi connectivity index (χ1n) is 16.6. The second kappa shape index (κ2) is 17.3. The molecule has 8 N–H and O–H groups in total. The van der Waals surface area contributed by atoms with Gasteiger partial charge < -0.3 is 37.6 Å². The molecule has 0 aromatic heterocycles. The fraction of sp³-hybridized carbons (Fsp3) is 0.471. The fourth-order valence-electron chi connectivity index (χ4n) is 6.39. The van der Waals surface area contributed by atoms with E-state index in [-0.39, 0.29) is 42.6 Å². The molecule has 258 valence electrons. The van der Waals surface area contributed by atoms with Crippen molar-refractivity contribution in [1.82, 2.24) is 14.7 Å². The van der Waals surface area contributed by atoms with Gasteiger partial charge >= 0.3 is 6.41 Å². The second-order valence-corrected chi connectivity index (χ2v) is 12.7. The number of carbonyl (C=O) groups excluding carboxylic acids is 4. The van der Waals surface area contributed by atoms with Crippen molar-refractivity contribution < 1.29 is 23.7 Å². The number of guanidine groups is 2. The number of nitrogens with zero attached hydrogens (tertiary/aromatic N) is 6. The zero-order valence-electron chi connectivity index (χ0n) is 27.6. The molecule has 2 saturated heterocycles. The van der Waals surface area contributed by atoms with Crippen LogP contribution < -0.4 is 22.9 Å². The summed E-state index contributed by atoms with van der Waals surface area (Å²) in [5, 5.41) is 0. The third kappa shape index (κ3) is 10.5. The minimum Gasteiger partial charge on any atom is -0.370 e. The van der Waals surface area contributed by atoms with Crippen LogP contribution in [0.15, 0.2) is 58.5 Å². The quantitative estimate of drug-likeness (QED) is 0.0701. The number of quaternary nitrogens is 1. The molecule has 0 bridgehead atoms. The molecule has 0 saturated carbocycles. The van der Waals surface area contributed by atoms with Crippen LogP contribution in [0.25, 0.3) is 0 Å². The third-order valence-electron chi connectivity index (χ3n) is 9.21. The predicted molar refractivity (Wildman–Crippen MR) is 185 cm³/mol. The molecule has 2 aromatic carbocycles. The van der Waals surface area contributed by atoms with Gasteiger partial charge in [-0.1, -0.05) is 37.1 Å². The molecule has 14 nitrogen and oxygen atoms in total. The fourth-order valence-corrected chi connectivity index (χ4v) is 6.39. The molecule has 1 atom stereocenters. The minimum atomic E-state index is -0.0187. The summed E-state index contributed by atoms with van der Waals surface area (Å²) in [7, 11) is 0. The van der Waals surface area contributed by atoms with Crippen LogP contribution in [0.2, 0.25) is 0 Å². The molecule has 0 aliphatic carbocycles. The van der Waals surface area contributed by atoms with Gasteiger partial charge in [-0.15, -0.1) is 0 Å². The average molecular weight is 662 g/mol. The highest BCUT2D eigenvalue weighted by molar-refractivity contribution is 5.81. The van der Waals surface area contributed by atoms with Gasteiger partial charge in [-0.25, -0.2) is 14.8 Å². The summed E-state index contributed by atoms with van der Waals surface area (Å²) in [4.78, 5) is 63.4. The molecule has 2 heterocycles. The third-order valence-corrected chi connectivity index (χ3v) is 9.21. The van der Waals surface area contributed by atoms with Crippen LogP contribution in [-0.2, 0) is 32.0 Å². The number of unbranched alkanes of at least 4 members (excludes halogenated alkanes) is 3. The lowest BCUT2D eigenvalue weighted by Gasteiger charge is -2.40. The van der Waals surface area contributed by atoms with Gasteiger partial charge in [0.05, 0.1) is 43.9 Å². The lowest BCUT2D eigenvalue weighted by atomic mass is 10.0. The predicted octanol–water partition coefficient (Wildman–Crippen LogP) is 0.717. The summed E-state index contributed by atoms with van der Waals surface area (Å²) in [6.45, 7) is 4.62. The first kappa shape index (κ1) is 35.9. The molecule has 4 rings (SSSR count). The van der Waals surface area contributed by atoms with Crippen LogP contribution in [-0.4, -0.2) is 114 Å². The summed E-state index contributed by atoms with van der Waals surface area (Å²) in [5.74, 6) is 0.0365. The molecule has 0 spiro atoms. The number of aliphatic imine (C=N–C) groups is 2. The topological polar surface area (TPSA) is 207 Å². The monoisotopic (exact) mass is 661 g/mol. The largest absolute Gasteiger partial charge is 0.370 e. The summed E-state index contributed by atoms with van der Waals surface area (Å²) >= 11 is 0. The smallest absolute Gasteiger partial charge is 0.301 e. The van der Waals surface area contributed by atoms with E-state index in [1.54, 1.807) is 24.3 Å². The average Bonchev–Trinajstić information content (AvgIpc) is 3.07. The Morgan fingerprint density at radius 2 is 1.23 bits per heavy atom. The van der Waals surface area contributed by atoms with Gasteiger partial charge in [0.1, 0.15) is 13.1 Å². The summed E-state index contributed by atoms with van der Waals surface area (Å²) in [5.41, 5.74) is 24.7. The highest BCUT2D eigenvalue weighted by atomic mass is 16.2. The molecule has 2 aliphatic heterocycles. The Balaban J connectivity index is 1.15. The van der Waals surface area contributed by atoms with Gasteiger partial charge in [-0.2, -0.15) is 0 Å². The first-order valence-corrected chi connectivity index (χ1v) is 16.6. The van der Waals surface area contributed by atoms with Crippen LogP contribution in [0.1, 0.15) is 43.2 Å². The SMILES string of the molecule is NC(N)=Nc1ccc(CC(=O)N2CC[N+](C=O)(CCCCCCC3CN(C(=O)Cc4ccc(N=C(N)N)cc4)CCN3C=O)CC2)cc1. The molecule has 2 aliphatic rings. The van der Waals surface area contributed by atoms with Crippen LogP contribution in [0.5, 0.6) is 0 Å². The van der Waals surface area contributed by atoms with Gasteiger partial charge in [0.25, 0.3) is 0 Å². The lowest BCUT2D eigenvalue weighted by molar-refractivity contribution is -0.850. The molecular formula is C34H49N10O4+. The molecule has 2 aromatic rings. The van der Waals surface area contributed by atoms with Crippen molar-refractivity contribution in [2.75, 3.05) is 52.4 Å². The van der Waals surface area contributed by atoms with Crippen molar-refractivity contribution in [3.8, 4) is 0 Å². The number of benzene rings is 2. The number of carbonyl (C=O) groups is 4. The van der Waals surface area contributed by atoms with Crippen molar-refractivity contribution >= 4 is 47.9 Å². The highest BCUT2D eigenvalue weighted by Crippen LogP contribution is 2.20. The maximum atomic E-state index is 13.1. The van der Waals surface area contributed by atoms with Gasteiger partial charge in [0.15, 0.2) is 11.9 Å². The molecular weight excluding hydrogens is 612 g/mol. The molecule has 48 heavy (non-hydrogen) atoms. The molecule has 2 fully saturated rings. The number of rotatable bonds is 15. The van der Waals surface area contributed by atoms with Gasteiger partial charge in [0, 0.05) is 25.7 Å². The van der Waals surface area contributed by atoms with Gasteiger partial charge in [-0.05, 0) is 54.7 Å². The van der Waals surface area contributed by atoms with E-state index in [0.717, 1.165) is 62.6 Å². The number of piperazine rings is 2. The Bertz CT molecular complexity index is 1450. The van der Waals surface area contributed by atoms with Crippen molar-refractivity contribution in [1.29, 1.82) is 0 Å². The van der Waals surface area contributed by atoms with Crippen LogP contribution >= 0.6 is 0 Å². The van der Waals surface area contributed by atoms with Crippen LogP contribution in [0.4, 0.5) is 11.4 Å². The van der Waals surface area contributed by atoms with E-state index in [1.807, 2.05) is 39.0 Å². The van der Waals surface area contributed by atoms with E-state index >= 15 is 0 Å². The number of hydrogen-bond donors (Lipinski definition) is 4. The summed E-state index contributed by atoms with van der Waals surface area (Å²) in [6, 6.07) is 14.5. The molecule has 14 heteroatoms. The van der Waals surface area contributed by atoms with E-state index in [0.29, 0.717) is 61.7 Å². The Hall–Kier alpha value is -4.98. The minimum absolute atomic E-state index is 0.0143. The highest BCUT2D eigenvalue weighted by Gasteiger charge is 2.34. The van der Waals surface area contributed by atoms with E-state index in [1.165, 1.54) is 0 Å². The molecule has 4 amide bonds. The van der Waals surface area contributed by atoms with Crippen LogP contribution in [0, 0.1) is 0 Å². The Kier molecular flexibility index (Phi) is 12.9. The number of hydrogen-bond acceptors (Lipinski definition) is 6. The van der Waals surface area contributed by atoms with E-state index in [2.05, 4.69) is 9.98 Å². The van der Waals surface area contributed by atoms with Gasteiger partial charge in [-0.3, -0.25) is 18.9 Å². The normalized spacial score (nSPS) is 17.3. The van der Waals surface area contributed by atoms with Crippen molar-refractivity contribution in [3.05, 3.63) is 59.7 Å². The van der Waals surface area contributed by atoms with E-state index in [4.69, 9.17) is 22.9 Å². The van der Waals surface area contributed by atoms with E-state index < -0.39 is 0 Å². The zero-order valence-corrected chi connectivity index (χ0v) is 27.6. The summed E-state index contributed by atoms with van der Waals surface area (Å²) in [6.07, 6.45) is 7.09. The van der Waals surface area contributed by atoms with Crippen LogP contribution in [0.3, 0.4) is 0 Å². The standard InChI is InChI=1S/C34H49N10O4/c35-33(36)39-28-10-6-26(7-11-28)21-31(47)41-16-19-44(25-46,20-17-41)18-4-2-1-3-5-30-23-42(14-15-43(30)24-45)32(48)22-27-8-12-29(13-9-27)40-34(37)38/h6-13,24-25,30H,1-5,14-23H2,(H4,35,36,39)(H4,37,38,40)/q+1. The second-order valence-electron chi connectivity index (χ2n) is 12.7. The maximum Gasteiger partial charge on any atom is 0.301 e.